The average Bonchev–Trinajstić information content (AvgIpc) is 2.78. The second-order valence-electron chi connectivity index (χ2n) is 4.47. The Morgan fingerprint density at radius 2 is 2.06 bits per heavy atom. The maximum absolute atomic E-state index is 13.4. The van der Waals surface area contributed by atoms with E-state index in [9.17, 15) is 4.39 Å². The smallest absolute Gasteiger partial charge is 0.123 e. The minimum absolute atomic E-state index is 0.0629. The number of hydrogen-bond acceptors (Lipinski definition) is 1. The van der Waals surface area contributed by atoms with Gasteiger partial charge in [-0.2, -0.15) is 0 Å². The van der Waals surface area contributed by atoms with Crippen LogP contribution in [-0.2, 0) is 5.41 Å². The zero-order valence-electron chi connectivity index (χ0n) is 9.43. The molecule has 1 fully saturated rings. The number of halogens is 2. The van der Waals surface area contributed by atoms with Gasteiger partial charge in [0.1, 0.15) is 11.6 Å². The Labute approximate surface area is 104 Å². The monoisotopic (exact) mass is 286 g/mol. The van der Waals surface area contributed by atoms with Crippen LogP contribution in [0.2, 0.25) is 0 Å². The van der Waals surface area contributed by atoms with Gasteiger partial charge < -0.3 is 4.74 Å². The third kappa shape index (κ3) is 1.97. The van der Waals surface area contributed by atoms with Gasteiger partial charge in [-0.25, -0.2) is 4.39 Å². The van der Waals surface area contributed by atoms with Crippen molar-refractivity contribution < 1.29 is 9.13 Å². The van der Waals surface area contributed by atoms with Crippen molar-refractivity contribution in [1.29, 1.82) is 0 Å². The minimum atomic E-state index is -0.178. The number of benzene rings is 1. The quantitative estimate of drug-likeness (QED) is 0.762. The van der Waals surface area contributed by atoms with Crippen LogP contribution in [0.15, 0.2) is 18.2 Å². The molecule has 0 saturated heterocycles. The first-order valence-corrected chi connectivity index (χ1v) is 6.74. The Morgan fingerprint density at radius 1 is 1.38 bits per heavy atom. The predicted octanol–water partition coefficient (Wildman–Crippen LogP) is 4.04. The molecule has 16 heavy (non-hydrogen) atoms. The normalized spacial score (nSPS) is 18.7. The lowest BCUT2D eigenvalue weighted by Crippen LogP contribution is -2.24. The molecule has 0 atom stereocenters. The Morgan fingerprint density at radius 3 is 2.62 bits per heavy atom. The number of methoxy groups -OCH3 is 1. The lowest BCUT2D eigenvalue weighted by molar-refractivity contribution is 0.386. The van der Waals surface area contributed by atoms with E-state index in [2.05, 4.69) is 15.9 Å². The van der Waals surface area contributed by atoms with Crippen molar-refractivity contribution in [2.24, 2.45) is 0 Å². The highest BCUT2D eigenvalue weighted by molar-refractivity contribution is 9.09. The summed E-state index contributed by atoms with van der Waals surface area (Å²) in [7, 11) is 1.65. The fraction of sp³-hybridized carbons (Fsp3) is 0.538. The summed E-state index contributed by atoms with van der Waals surface area (Å²) >= 11 is 3.58. The molecule has 0 spiro atoms. The van der Waals surface area contributed by atoms with Gasteiger partial charge in [-0.1, -0.05) is 28.8 Å². The molecule has 0 amide bonds. The molecule has 0 unspecified atom stereocenters. The lowest BCUT2D eigenvalue weighted by Gasteiger charge is -2.28. The van der Waals surface area contributed by atoms with Crippen LogP contribution < -0.4 is 4.74 Å². The van der Waals surface area contributed by atoms with Gasteiger partial charge in [0.25, 0.3) is 0 Å². The van der Waals surface area contributed by atoms with Crippen molar-refractivity contribution in [2.45, 2.75) is 31.1 Å². The molecule has 1 nitrogen and oxygen atoms in total. The Bertz CT molecular complexity index is 372. The van der Waals surface area contributed by atoms with Gasteiger partial charge in [0.15, 0.2) is 0 Å². The molecule has 1 aliphatic rings. The topological polar surface area (TPSA) is 9.23 Å². The van der Waals surface area contributed by atoms with E-state index in [4.69, 9.17) is 4.74 Å². The molecule has 0 aromatic heterocycles. The van der Waals surface area contributed by atoms with Gasteiger partial charge in [0.2, 0.25) is 0 Å². The van der Waals surface area contributed by atoms with Crippen LogP contribution in [0.1, 0.15) is 31.2 Å². The summed E-state index contributed by atoms with van der Waals surface area (Å²) in [5.41, 5.74) is 1.08. The van der Waals surface area contributed by atoms with Crippen molar-refractivity contribution in [2.75, 3.05) is 12.4 Å². The molecule has 0 aliphatic heterocycles. The summed E-state index contributed by atoms with van der Waals surface area (Å²) in [6, 6.07) is 4.82. The fourth-order valence-electron chi connectivity index (χ4n) is 2.62. The summed E-state index contributed by atoms with van der Waals surface area (Å²) in [6.45, 7) is 0. The zero-order valence-corrected chi connectivity index (χ0v) is 11.0. The van der Waals surface area contributed by atoms with Crippen LogP contribution in [0.25, 0.3) is 0 Å². The molecule has 0 bridgehead atoms. The highest BCUT2D eigenvalue weighted by Gasteiger charge is 2.37. The highest BCUT2D eigenvalue weighted by Crippen LogP contribution is 2.45. The van der Waals surface area contributed by atoms with Gasteiger partial charge in [0, 0.05) is 16.3 Å². The van der Waals surface area contributed by atoms with E-state index in [0.29, 0.717) is 0 Å². The summed E-state index contributed by atoms with van der Waals surface area (Å²) < 4.78 is 18.7. The second-order valence-corrected chi connectivity index (χ2v) is 5.03. The standard InChI is InChI=1S/C13H16BrFO/c1-16-12-5-4-10(15)8-11(12)13(9-14)6-2-3-7-13/h4-5,8H,2-3,6-7,9H2,1H3. The Kier molecular flexibility index (Phi) is 3.53. The first kappa shape index (κ1) is 11.9. The van der Waals surface area contributed by atoms with Crippen LogP contribution in [0.5, 0.6) is 5.75 Å². The van der Waals surface area contributed by atoms with E-state index in [-0.39, 0.29) is 11.2 Å². The van der Waals surface area contributed by atoms with Crippen LogP contribution >= 0.6 is 15.9 Å². The molecular formula is C13H16BrFO. The van der Waals surface area contributed by atoms with Crippen molar-refractivity contribution in [3.8, 4) is 5.75 Å². The molecule has 1 aromatic carbocycles. The summed E-state index contributed by atoms with van der Waals surface area (Å²) in [5.74, 6) is 0.630. The van der Waals surface area contributed by atoms with Crippen LogP contribution in [0, 0.1) is 5.82 Å². The first-order chi connectivity index (χ1) is 7.72. The minimum Gasteiger partial charge on any atom is -0.496 e. The number of hydrogen-bond donors (Lipinski definition) is 0. The predicted molar refractivity (Wildman–Crippen MR) is 66.9 cm³/mol. The lowest BCUT2D eigenvalue weighted by atomic mass is 9.80. The van der Waals surface area contributed by atoms with Crippen LogP contribution in [0.4, 0.5) is 4.39 Å². The molecule has 1 aliphatic carbocycles. The number of rotatable bonds is 3. The van der Waals surface area contributed by atoms with Gasteiger partial charge >= 0.3 is 0 Å². The van der Waals surface area contributed by atoms with Crippen molar-refractivity contribution in [3.63, 3.8) is 0 Å². The van der Waals surface area contributed by atoms with Crippen molar-refractivity contribution in [1.82, 2.24) is 0 Å². The Balaban J connectivity index is 2.47. The van der Waals surface area contributed by atoms with Crippen molar-refractivity contribution in [3.05, 3.63) is 29.6 Å². The number of ether oxygens (including phenoxy) is 1. The average molecular weight is 287 g/mol. The van der Waals surface area contributed by atoms with Gasteiger partial charge in [0.05, 0.1) is 7.11 Å². The maximum Gasteiger partial charge on any atom is 0.123 e. The molecule has 1 saturated carbocycles. The summed E-state index contributed by atoms with van der Waals surface area (Å²) in [5, 5.41) is 0.875. The zero-order chi connectivity index (χ0) is 11.6. The van der Waals surface area contributed by atoms with Crippen molar-refractivity contribution >= 4 is 15.9 Å². The van der Waals surface area contributed by atoms with E-state index in [1.165, 1.54) is 18.9 Å². The molecule has 1 aromatic rings. The van der Waals surface area contributed by atoms with Gasteiger partial charge in [-0.3, -0.25) is 0 Å². The van der Waals surface area contributed by atoms with E-state index in [1.807, 2.05) is 0 Å². The summed E-state index contributed by atoms with van der Waals surface area (Å²) in [4.78, 5) is 0. The van der Waals surface area contributed by atoms with E-state index >= 15 is 0 Å². The SMILES string of the molecule is COc1ccc(F)cc1C1(CBr)CCCC1. The largest absolute Gasteiger partial charge is 0.496 e. The molecular weight excluding hydrogens is 271 g/mol. The third-order valence-corrected chi connectivity index (χ3v) is 4.62. The maximum atomic E-state index is 13.4. The van der Waals surface area contributed by atoms with Crippen LogP contribution in [-0.4, -0.2) is 12.4 Å². The first-order valence-electron chi connectivity index (χ1n) is 5.62. The molecule has 3 heteroatoms. The highest BCUT2D eigenvalue weighted by atomic mass is 79.9. The molecule has 0 radical (unpaired) electrons. The van der Waals surface area contributed by atoms with Gasteiger partial charge in [-0.05, 0) is 31.0 Å². The van der Waals surface area contributed by atoms with E-state index in [1.54, 1.807) is 19.2 Å². The third-order valence-electron chi connectivity index (χ3n) is 3.55. The van der Waals surface area contributed by atoms with Gasteiger partial charge in [-0.15, -0.1) is 0 Å². The molecule has 0 heterocycles. The second kappa shape index (κ2) is 4.74. The van der Waals surface area contributed by atoms with E-state index < -0.39 is 0 Å². The fourth-order valence-corrected chi connectivity index (χ4v) is 3.48. The summed E-state index contributed by atoms with van der Waals surface area (Å²) in [6.07, 6.45) is 4.65. The van der Waals surface area contributed by atoms with E-state index in [0.717, 1.165) is 29.5 Å². The molecule has 2 rings (SSSR count). The number of alkyl halides is 1. The molecule has 0 N–H and O–H groups in total. The van der Waals surface area contributed by atoms with Crippen LogP contribution in [0.3, 0.4) is 0 Å². The Hall–Kier alpha value is -0.570. The molecule has 88 valence electrons.